The number of alkyl halides is 3. The molecule has 0 bridgehead atoms. The molecular weight excluding hydrogens is 230 g/mol. The van der Waals surface area contributed by atoms with Crippen molar-refractivity contribution in [1.29, 1.82) is 0 Å². The molecule has 1 aromatic heterocycles. The molecule has 13 heavy (non-hydrogen) atoms. The minimum absolute atomic E-state index is 0. The molecule has 0 radical (unpaired) electrons. The molecule has 0 aromatic carbocycles. The molecule has 8 heteroatoms. The zero-order valence-corrected chi connectivity index (χ0v) is 7.84. The highest BCUT2D eigenvalue weighted by atomic mass is 35.5. The summed E-state index contributed by atoms with van der Waals surface area (Å²) in [7, 11) is 0. The van der Waals surface area contributed by atoms with Gasteiger partial charge in [-0.1, -0.05) is 0 Å². The van der Waals surface area contributed by atoms with Gasteiger partial charge < -0.3 is 5.73 Å². The zero-order valence-electron chi connectivity index (χ0n) is 6.21. The Labute approximate surface area is 84.7 Å². The van der Waals surface area contributed by atoms with E-state index in [1.165, 1.54) is 0 Å². The molecule has 1 rings (SSSR count). The molecule has 3 nitrogen and oxygen atoms in total. The van der Waals surface area contributed by atoms with Crippen molar-refractivity contribution in [2.45, 2.75) is 12.2 Å². The molecule has 1 aromatic rings. The Hall–Kier alpha value is -0.460. The summed E-state index contributed by atoms with van der Waals surface area (Å²) in [6.45, 7) is 0. The topological polar surface area (TPSA) is 54.7 Å². The van der Waals surface area contributed by atoms with Crippen LogP contribution in [0.15, 0.2) is 12.4 Å². The predicted molar refractivity (Wildman–Crippen MR) is 46.1 cm³/mol. The van der Waals surface area contributed by atoms with Crippen LogP contribution in [0, 0.1) is 0 Å². The second kappa shape index (κ2) is 5.31. The first-order valence-electron chi connectivity index (χ1n) is 2.83. The fraction of sp³-hybridized carbons (Fsp3) is 0.400. The summed E-state index contributed by atoms with van der Waals surface area (Å²) in [5.74, 6) is 0. The first-order chi connectivity index (χ1) is 5.02. The van der Waals surface area contributed by atoms with E-state index in [0.29, 0.717) is 0 Å². The number of halogens is 5. The lowest BCUT2D eigenvalue weighted by molar-refractivity contribution is -0.149. The van der Waals surface area contributed by atoms with Gasteiger partial charge in [0, 0.05) is 11.8 Å². The Morgan fingerprint density at radius 2 is 1.92 bits per heavy atom. The standard InChI is InChI=1S/C5H6F3N3.2ClH/c6-5(7,8)4(9)3-1-10-11-2-3;;/h1-2,4H,9H2,(H,10,11);2*1H. The molecule has 0 spiro atoms. The first kappa shape index (κ1) is 15.0. The average Bonchev–Trinajstić information content (AvgIpc) is 2.34. The van der Waals surface area contributed by atoms with Gasteiger partial charge in [0.1, 0.15) is 6.04 Å². The van der Waals surface area contributed by atoms with Crippen LogP contribution in [0.1, 0.15) is 11.6 Å². The number of nitrogens with one attached hydrogen (secondary N) is 1. The summed E-state index contributed by atoms with van der Waals surface area (Å²) in [4.78, 5) is 0. The number of nitrogens with two attached hydrogens (primary N) is 1. The van der Waals surface area contributed by atoms with E-state index in [0.717, 1.165) is 12.4 Å². The maximum absolute atomic E-state index is 11.8. The van der Waals surface area contributed by atoms with E-state index in [1.807, 2.05) is 0 Å². The van der Waals surface area contributed by atoms with Crippen molar-refractivity contribution in [3.05, 3.63) is 18.0 Å². The smallest absolute Gasteiger partial charge is 0.316 e. The van der Waals surface area contributed by atoms with Gasteiger partial charge in [0.15, 0.2) is 0 Å². The van der Waals surface area contributed by atoms with Gasteiger partial charge in [-0.3, -0.25) is 5.10 Å². The van der Waals surface area contributed by atoms with E-state index < -0.39 is 12.2 Å². The Morgan fingerprint density at radius 1 is 1.38 bits per heavy atom. The normalized spacial score (nSPS) is 12.6. The van der Waals surface area contributed by atoms with Crippen LogP contribution in [0.2, 0.25) is 0 Å². The van der Waals surface area contributed by atoms with Crippen molar-refractivity contribution in [3.8, 4) is 0 Å². The zero-order chi connectivity index (χ0) is 8.48. The highest BCUT2D eigenvalue weighted by Crippen LogP contribution is 2.29. The molecule has 78 valence electrons. The van der Waals surface area contributed by atoms with Gasteiger partial charge in [-0.15, -0.1) is 24.8 Å². The van der Waals surface area contributed by atoms with Crippen molar-refractivity contribution < 1.29 is 13.2 Å². The van der Waals surface area contributed by atoms with Gasteiger partial charge in [0.05, 0.1) is 6.20 Å². The van der Waals surface area contributed by atoms with E-state index in [4.69, 9.17) is 5.73 Å². The molecule has 0 aliphatic rings. The third-order valence-corrected chi connectivity index (χ3v) is 1.23. The van der Waals surface area contributed by atoms with Crippen molar-refractivity contribution in [3.63, 3.8) is 0 Å². The average molecular weight is 238 g/mol. The fourth-order valence-corrected chi connectivity index (χ4v) is 0.620. The molecule has 1 atom stereocenters. The molecule has 1 heterocycles. The van der Waals surface area contributed by atoms with Gasteiger partial charge in [0.25, 0.3) is 0 Å². The Kier molecular flexibility index (Phi) is 6.14. The number of aromatic amines is 1. The summed E-state index contributed by atoms with van der Waals surface area (Å²) in [5, 5.41) is 5.60. The van der Waals surface area contributed by atoms with Crippen LogP contribution in [0.5, 0.6) is 0 Å². The second-order valence-electron chi connectivity index (χ2n) is 2.05. The van der Waals surface area contributed by atoms with Gasteiger partial charge in [0.2, 0.25) is 0 Å². The molecule has 0 fully saturated rings. The largest absolute Gasteiger partial charge is 0.407 e. The maximum atomic E-state index is 11.8. The van der Waals surface area contributed by atoms with Gasteiger partial charge in [-0.25, -0.2) is 0 Å². The third-order valence-electron chi connectivity index (χ3n) is 1.23. The van der Waals surface area contributed by atoms with Crippen LogP contribution in [0.25, 0.3) is 0 Å². The second-order valence-corrected chi connectivity index (χ2v) is 2.05. The van der Waals surface area contributed by atoms with Gasteiger partial charge in [-0.05, 0) is 0 Å². The lowest BCUT2D eigenvalue weighted by Crippen LogP contribution is -2.27. The van der Waals surface area contributed by atoms with Crippen LogP contribution < -0.4 is 5.73 Å². The quantitative estimate of drug-likeness (QED) is 0.783. The monoisotopic (exact) mass is 237 g/mol. The molecule has 1 unspecified atom stereocenters. The lowest BCUT2D eigenvalue weighted by atomic mass is 10.2. The van der Waals surface area contributed by atoms with Gasteiger partial charge >= 0.3 is 6.18 Å². The molecule has 3 N–H and O–H groups in total. The van der Waals surface area contributed by atoms with Crippen LogP contribution >= 0.6 is 24.8 Å². The summed E-state index contributed by atoms with van der Waals surface area (Å²) in [6, 6.07) is -1.94. The number of hydrogen-bond acceptors (Lipinski definition) is 2. The highest BCUT2D eigenvalue weighted by Gasteiger charge is 2.38. The summed E-state index contributed by atoms with van der Waals surface area (Å²) in [6.07, 6.45) is -2.22. The lowest BCUT2D eigenvalue weighted by Gasteiger charge is -2.12. The van der Waals surface area contributed by atoms with Crippen LogP contribution in [-0.2, 0) is 0 Å². The molecule has 0 aliphatic heterocycles. The van der Waals surface area contributed by atoms with Crippen molar-refractivity contribution in [2.75, 3.05) is 0 Å². The van der Waals surface area contributed by atoms with E-state index in [-0.39, 0.29) is 30.4 Å². The van der Waals surface area contributed by atoms with Crippen LogP contribution in [0.4, 0.5) is 13.2 Å². The number of hydrogen-bond donors (Lipinski definition) is 2. The molecule has 0 saturated heterocycles. The maximum Gasteiger partial charge on any atom is 0.407 e. The molecule has 0 saturated carbocycles. The number of aromatic nitrogens is 2. The van der Waals surface area contributed by atoms with E-state index in [9.17, 15) is 13.2 Å². The summed E-state index contributed by atoms with van der Waals surface area (Å²) in [5.41, 5.74) is 4.77. The summed E-state index contributed by atoms with van der Waals surface area (Å²) < 4.78 is 35.5. The minimum atomic E-state index is -4.40. The van der Waals surface area contributed by atoms with Crippen LogP contribution in [0.3, 0.4) is 0 Å². The van der Waals surface area contributed by atoms with Crippen molar-refractivity contribution in [2.24, 2.45) is 5.73 Å². The first-order valence-corrected chi connectivity index (χ1v) is 2.83. The SMILES string of the molecule is Cl.Cl.NC(c1cn[nH]c1)C(F)(F)F. The Bertz CT molecular complexity index is 223. The number of rotatable bonds is 1. The van der Waals surface area contributed by atoms with Crippen LogP contribution in [-0.4, -0.2) is 16.4 Å². The Morgan fingerprint density at radius 3 is 2.23 bits per heavy atom. The van der Waals surface area contributed by atoms with E-state index in [2.05, 4.69) is 10.2 Å². The predicted octanol–water partition coefficient (Wildman–Crippen LogP) is 1.82. The van der Waals surface area contributed by atoms with E-state index in [1.54, 1.807) is 0 Å². The van der Waals surface area contributed by atoms with Gasteiger partial charge in [-0.2, -0.15) is 18.3 Å². The minimum Gasteiger partial charge on any atom is -0.316 e. The van der Waals surface area contributed by atoms with Crippen molar-refractivity contribution >= 4 is 24.8 Å². The fourth-order valence-electron chi connectivity index (χ4n) is 0.620. The van der Waals surface area contributed by atoms with E-state index >= 15 is 0 Å². The Balaban J connectivity index is 0. The van der Waals surface area contributed by atoms with Crippen molar-refractivity contribution in [1.82, 2.24) is 10.2 Å². The molecular formula is C5H8Cl2F3N3. The molecule has 0 aliphatic carbocycles. The third kappa shape index (κ3) is 3.84. The summed E-state index contributed by atoms with van der Waals surface area (Å²) >= 11 is 0. The molecule has 0 amide bonds. The highest BCUT2D eigenvalue weighted by molar-refractivity contribution is 5.85. The number of nitrogens with zero attached hydrogens (tertiary/aromatic N) is 1. The number of H-pyrrole nitrogens is 1.